The van der Waals surface area contributed by atoms with Crippen molar-refractivity contribution >= 4 is 18.0 Å². The van der Waals surface area contributed by atoms with Gasteiger partial charge in [0.1, 0.15) is 18.8 Å². The van der Waals surface area contributed by atoms with E-state index in [1.54, 1.807) is 6.92 Å². The van der Waals surface area contributed by atoms with Crippen LogP contribution in [0, 0.1) is 5.92 Å². The maximum absolute atomic E-state index is 12.4. The van der Waals surface area contributed by atoms with Gasteiger partial charge in [0.2, 0.25) is 5.91 Å². The van der Waals surface area contributed by atoms with E-state index in [0.717, 1.165) is 5.56 Å². The van der Waals surface area contributed by atoms with Crippen LogP contribution in [0.25, 0.3) is 0 Å². The van der Waals surface area contributed by atoms with E-state index in [4.69, 9.17) is 4.74 Å². The SMILES string of the molecule is CC(C)C[C@H](NC(=O)NC(C)C)NC(=O)[C@H](C)NC(=O)OCc1ccccc1. The van der Waals surface area contributed by atoms with Crippen molar-refractivity contribution in [2.24, 2.45) is 5.92 Å². The van der Waals surface area contributed by atoms with Crippen molar-refractivity contribution in [1.82, 2.24) is 21.3 Å². The first kappa shape index (κ1) is 23.3. The summed E-state index contributed by atoms with van der Waals surface area (Å²) in [4.78, 5) is 36.2. The molecule has 0 saturated carbocycles. The topological polar surface area (TPSA) is 109 Å². The van der Waals surface area contributed by atoms with Crippen LogP contribution in [-0.2, 0) is 16.1 Å². The zero-order valence-corrected chi connectivity index (χ0v) is 17.2. The molecule has 0 saturated heterocycles. The molecule has 1 aromatic carbocycles. The predicted molar refractivity (Wildman–Crippen MR) is 107 cm³/mol. The summed E-state index contributed by atoms with van der Waals surface area (Å²) in [6, 6.07) is 8.07. The molecule has 8 nitrogen and oxygen atoms in total. The summed E-state index contributed by atoms with van der Waals surface area (Å²) < 4.78 is 5.12. The Bertz CT molecular complexity index is 634. The number of amides is 4. The van der Waals surface area contributed by atoms with E-state index in [9.17, 15) is 14.4 Å². The molecule has 0 aliphatic heterocycles. The van der Waals surface area contributed by atoms with E-state index in [2.05, 4.69) is 21.3 Å². The van der Waals surface area contributed by atoms with E-state index >= 15 is 0 Å². The molecule has 0 aliphatic rings. The fraction of sp³-hybridized carbons (Fsp3) is 0.550. The number of urea groups is 1. The van der Waals surface area contributed by atoms with Crippen LogP contribution in [0.5, 0.6) is 0 Å². The van der Waals surface area contributed by atoms with Gasteiger partial charge in [-0.3, -0.25) is 4.79 Å². The zero-order chi connectivity index (χ0) is 21.1. The van der Waals surface area contributed by atoms with Crippen LogP contribution in [0.2, 0.25) is 0 Å². The minimum atomic E-state index is -0.812. The van der Waals surface area contributed by atoms with E-state index in [0.29, 0.717) is 6.42 Å². The van der Waals surface area contributed by atoms with Gasteiger partial charge < -0.3 is 26.0 Å². The van der Waals surface area contributed by atoms with Crippen LogP contribution in [-0.4, -0.2) is 36.3 Å². The molecule has 1 aromatic rings. The Hall–Kier alpha value is -2.77. The van der Waals surface area contributed by atoms with Gasteiger partial charge in [0.05, 0.1) is 0 Å². The van der Waals surface area contributed by atoms with Gasteiger partial charge in [0.25, 0.3) is 0 Å². The number of ether oxygens (including phenoxy) is 1. The van der Waals surface area contributed by atoms with Gasteiger partial charge in [-0.25, -0.2) is 9.59 Å². The number of hydrogen-bond acceptors (Lipinski definition) is 4. The van der Waals surface area contributed by atoms with Gasteiger partial charge >= 0.3 is 12.1 Å². The van der Waals surface area contributed by atoms with Gasteiger partial charge in [-0.05, 0) is 38.7 Å². The molecule has 0 fully saturated rings. The molecule has 28 heavy (non-hydrogen) atoms. The summed E-state index contributed by atoms with van der Waals surface area (Å²) >= 11 is 0. The number of rotatable bonds is 9. The van der Waals surface area contributed by atoms with E-state index < -0.39 is 24.2 Å². The first-order valence-electron chi connectivity index (χ1n) is 9.52. The Morgan fingerprint density at radius 1 is 0.893 bits per heavy atom. The molecule has 1 rings (SSSR count). The Labute approximate surface area is 166 Å². The second kappa shape index (κ2) is 11.8. The molecular weight excluding hydrogens is 360 g/mol. The van der Waals surface area contributed by atoms with Crippen molar-refractivity contribution in [2.75, 3.05) is 0 Å². The van der Waals surface area contributed by atoms with Crippen LogP contribution in [0.4, 0.5) is 9.59 Å². The summed E-state index contributed by atoms with van der Waals surface area (Å²) in [6.45, 7) is 9.35. The minimum Gasteiger partial charge on any atom is -0.445 e. The number of alkyl carbamates (subject to hydrolysis) is 1. The Morgan fingerprint density at radius 2 is 1.54 bits per heavy atom. The Kier molecular flexibility index (Phi) is 9.84. The van der Waals surface area contributed by atoms with E-state index in [1.165, 1.54) is 0 Å². The highest BCUT2D eigenvalue weighted by Crippen LogP contribution is 2.04. The minimum absolute atomic E-state index is 0.0182. The standard InChI is InChI=1S/C20H32N4O4/c1-13(2)11-17(24-19(26)21-14(3)4)23-18(25)15(5)22-20(27)28-12-16-9-7-6-8-10-16/h6-10,13-15,17H,11-12H2,1-5H3,(H,22,27)(H,23,25)(H2,21,24,26)/t15-,17-/m0/s1. The molecule has 0 heterocycles. The fourth-order valence-electron chi connectivity index (χ4n) is 2.39. The zero-order valence-electron chi connectivity index (χ0n) is 17.2. The molecule has 0 bridgehead atoms. The lowest BCUT2D eigenvalue weighted by molar-refractivity contribution is -0.123. The first-order chi connectivity index (χ1) is 13.2. The van der Waals surface area contributed by atoms with Gasteiger partial charge in [-0.1, -0.05) is 44.2 Å². The number of carbonyl (C=O) groups is 3. The average molecular weight is 393 g/mol. The third-order valence-corrected chi connectivity index (χ3v) is 3.69. The number of benzene rings is 1. The van der Waals surface area contributed by atoms with Crippen LogP contribution in [0.1, 0.15) is 46.6 Å². The largest absolute Gasteiger partial charge is 0.445 e. The lowest BCUT2D eigenvalue weighted by Crippen LogP contribution is -2.56. The average Bonchev–Trinajstić information content (AvgIpc) is 2.59. The number of hydrogen-bond donors (Lipinski definition) is 4. The molecule has 0 unspecified atom stereocenters. The van der Waals surface area contributed by atoms with Crippen LogP contribution in [0.15, 0.2) is 30.3 Å². The molecule has 4 N–H and O–H groups in total. The molecule has 0 radical (unpaired) electrons. The summed E-state index contributed by atoms with van der Waals surface area (Å²) in [5.41, 5.74) is 0.854. The summed E-state index contributed by atoms with van der Waals surface area (Å²) in [7, 11) is 0. The molecule has 0 aromatic heterocycles. The van der Waals surface area contributed by atoms with Crippen molar-refractivity contribution in [3.63, 3.8) is 0 Å². The smallest absolute Gasteiger partial charge is 0.408 e. The molecule has 4 amide bonds. The number of carbonyl (C=O) groups excluding carboxylic acids is 3. The van der Waals surface area contributed by atoms with Crippen LogP contribution >= 0.6 is 0 Å². The number of nitrogens with one attached hydrogen (secondary N) is 4. The third-order valence-electron chi connectivity index (χ3n) is 3.69. The van der Waals surface area contributed by atoms with Gasteiger partial charge in [-0.15, -0.1) is 0 Å². The van der Waals surface area contributed by atoms with Gasteiger partial charge in [0.15, 0.2) is 0 Å². The van der Waals surface area contributed by atoms with Crippen molar-refractivity contribution in [1.29, 1.82) is 0 Å². The molecule has 2 atom stereocenters. The molecule has 156 valence electrons. The summed E-state index contributed by atoms with van der Waals surface area (Å²) in [5.74, 6) is -0.157. The molecule has 0 aliphatic carbocycles. The van der Waals surface area contributed by atoms with Gasteiger partial charge in [0, 0.05) is 6.04 Å². The highest BCUT2D eigenvalue weighted by Gasteiger charge is 2.22. The highest BCUT2D eigenvalue weighted by molar-refractivity contribution is 5.85. The third kappa shape index (κ3) is 9.80. The maximum atomic E-state index is 12.4. The van der Waals surface area contributed by atoms with Crippen molar-refractivity contribution < 1.29 is 19.1 Å². The molecule has 8 heteroatoms. The first-order valence-corrected chi connectivity index (χ1v) is 9.52. The maximum Gasteiger partial charge on any atom is 0.408 e. The van der Waals surface area contributed by atoms with Crippen molar-refractivity contribution in [3.05, 3.63) is 35.9 Å². The lowest BCUT2D eigenvalue weighted by Gasteiger charge is -2.24. The normalized spacial score (nSPS) is 12.8. The summed E-state index contributed by atoms with van der Waals surface area (Å²) in [6.07, 6.45) is -0.670. The Balaban J connectivity index is 2.50. The van der Waals surface area contributed by atoms with Crippen LogP contribution in [0.3, 0.4) is 0 Å². The molecule has 0 spiro atoms. The van der Waals surface area contributed by atoms with Crippen molar-refractivity contribution in [3.8, 4) is 0 Å². The van der Waals surface area contributed by atoms with Gasteiger partial charge in [-0.2, -0.15) is 0 Å². The van der Waals surface area contributed by atoms with E-state index in [1.807, 2.05) is 58.0 Å². The quantitative estimate of drug-likeness (QED) is 0.484. The fourth-order valence-corrected chi connectivity index (χ4v) is 2.39. The monoisotopic (exact) mass is 392 g/mol. The lowest BCUT2D eigenvalue weighted by atomic mass is 10.1. The highest BCUT2D eigenvalue weighted by atomic mass is 16.5. The second-order valence-corrected chi connectivity index (χ2v) is 7.39. The van der Waals surface area contributed by atoms with Crippen LogP contribution < -0.4 is 21.3 Å². The second-order valence-electron chi connectivity index (χ2n) is 7.39. The predicted octanol–water partition coefficient (Wildman–Crippen LogP) is 2.50. The van der Waals surface area contributed by atoms with E-state index in [-0.39, 0.29) is 24.6 Å². The van der Waals surface area contributed by atoms with Crippen molar-refractivity contribution in [2.45, 2.75) is 65.9 Å². The molecular formula is C20H32N4O4. The Morgan fingerprint density at radius 3 is 2.11 bits per heavy atom. The summed E-state index contributed by atoms with van der Waals surface area (Å²) in [5, 5.41) is 10.7.